The zero-order valence-electron chi connectivity index (χ0n) is 16.2. The van der Waals surface area contributed by atoms with Crippen molar-refractivity contribution >= 4 is 16.8 Å². The molecule has 0 aliphatic carbocycles. The highest BCUT2D eigenvalue weighted by Crippen LogP contribution is 2.47. The van der Waals surface area contributed by atoms with Crippen LogP contribution in [0.15, 0.2) is 83.5 Å². The van der Waals surface area contributed by atoms with Crippen LogP contribution in [0.3, 0.4) is 0 Å². The molecule has 1 unspecified atom stereocenters. The van der Waals surface area contributed by atoms with Crippen LogP contribution in [-0.2, 0) is 5.60 Å². The molecule has 1 aliphatic rings. The molecule has 1 atom stereocenters. The molecule has 0 fully saturated rings. The second-order valence-electron chi connectivity index (χ2n) is 6.91. The van der Waals surface area contributed by atoms with E-state index in [2.05, 4.69) is 24.3 Å². The smallest absolute Gasteiger partial charge is 0.213 e. The zero-order chi connectivity index (χ0) is 19.8. The Morgan fingerprint density at radius 1 is 0.862 bits per heavy atom. The lowest BCUT2D eigenvalue weighted by Crippen LogP contribution is -2.34. The van der Waals surface area contributed by atoms with E-state index >= 15 is 0 Å². The van der Waals surface area contributed by atoms with Gasteiger partial charge in [-0.2, -0.15) is 0 Å². The molecule has 0 bridgehead atoms. The molecule has 0 amide bonds. The topological polar surface area (TPSA) is 40.8 Å². The fourth-order valence-corrected chi connectivity index (χ4v) is 3.95. The Bertz CT molecular complexity index is 1210. The van der Waals surface area contributed by atoms with E-state index in [1.807, 2.05) is 54.6 Å². The van der Waals surface area contributed by atoms with E-state index in [-0.39, 0.29) is 0 Å². The molecular formula is C25H20O4. The number of rotatable bonds is 4. The van der Waals surface area contributed by atoms with Gasteiger partial charge < -0.3 is 18.6 Å². The van der Waals surface area contributed by atoms with Crippen LogP contribution >= 0.6 is 0 Å². The normalized spacial score (nSPS) is 17.6. The lowest BCUT2D eigenvalue weighted by molar-refractivity contribution is 0.129. The van der Waals surface area contributed by atoms with E-state index in [9.17, 15) is 0 Å². The number of hydrogen-bond acceptors (Lipinski definition) is 4. The van der Waals surface area contributed by atoms with Gasteiger partial charge in [0.05, 0.1) is 20.5 Å². The van der Waals surface area contributed by atoms with Crippen LogP contribution in [0, 0.1) is 0 Å². The number of furan rings is 1. The lowest BCUT2D eigenvalue weighted by Gasteiger charge is -2.35. The Balaban J connectivity index is 1.74. The molecule has 1 aromatic heterocycles. The van der Waals surface area contributed by atoms with E-state index in [1.54, 1.807) is 20.5 Å². The van der Waals surface area contributed by atoms with Crippen molar-refractivity contribution in [2.75, 3.05) is 14.2 Å². The minimum Gasteiger partial charge on any atom is -0.497 e. The van der Waals surface area contributed by atoms with Crippen molar-refractivity contribution in [1.29, 1.82) is 0 Å². The van der Waals surface area contributed by atoms with Gasteiger partial charge in [0.25, 0.3) is 0 Å². The lowest BCUT2D eigenvalue weighted by atomic mass is 9.86. The minimum atomic E-state index is -0.948. The van der Waals surface area contributed by atoms with E-state index in [0.717, 1.165) is 22.3 Å². The summed E-state index contributed by atoms with van der Waals surface area (Å²) in [5.41, 5.74) is 0.944. The van der Waals surface area contributed by atoms with Crippen LogP contribution in [0.5, 0.6) is 17.2 Å². The molecule has 2 heterocycles. The summed E-state index contributed by atoms with van der Waals surface area (Å²) >= 11 is 0. The first-order chi connectivity index (χ1) is 14.2. The van der Waals surface area contributed by atoms with Crippen LogP contribution in [0.2, 0.25) is 0 Å². The maximum absolute atomic E-state index is 6.67. The molecule has 0 N–H and O–H groups in total. The van der Waals surface area contributed by atoms with Gasteiger partial charge in [-0.3, -0.25) is 0 Å². The highest BCUT2D eigenvalue weighted by Gasteiger charge is 2.42. The Morgan fingerprint density at radius 2 is 1.76 bits per heavy atom. The molecule has 4 aromatic rings. The first kappa shape index (κ1) is 17.4. The molecule has 0 radical (unpaired) electrons. The molecule has 5 rings (SSSR count). The van der Waals surface area contributed by atoms with Crippen LogP contribution in [0.1, 0.15) is 16.9 Å². The number of fused-ring (bicyclic) bond motifs is 3. The molecule has 4 heteroatoms. The number of methoxy groups -OCH3 is 2. The van der Waals surface area contributed by atoms with E-state index in [4.69, 9.17) is 18.6 Å². The first-order valence-electron chi connectivity index (χ1n) is 9.41. The maximum atomic E-state index is 6.67. The highest BCUT2D eigenvalue weighted by atomic mass is 16.5. The third kappa shape index (κ3) is 2.68. The second-order valence-corrected chi connectivity index (χ2v) is 6.91. The molecule has 0 saturated heterocycles. The predicted molar refractivity (Wildman–Crippen MR) is 113 cm³/mol. The zero-order valence-corrected chi connectivity index (χ0v) is 16.2. The van der Waals surface area contributed by atoms with Gasteiger partial charge in [0.1, 0.15) is 17.2 Å². The molecule has 0 spiro atoms. The molecule has 144 valence electrons. The van der Waals surface area contributed by atoms with Crippen LogP contribution in [-0.4, -0.2) is 14.2 Å². The van der Waals surface area contributed by atoms with Gasteiger partial charge in [0.15, 0.2) is 5.76 Å². The third-order valence-corrected chi connectivity index (χ3v) is 5.38. The Kier molecular flexibility index (Phi) is 4.06. The highest BCUT2D eigenvalue weighted by molar-refractivity contribution is 5.94. The van der Waals surface area contributed by atoms with Crippen molar-refractivity contribution in [3.8, 4) is 17.2 Å². The van der Waals surface area contributed by atoms with Gasteiger partial charge in [0.2, 0.25) is 5.60 Å². The molecular weight excluding hydrogens is 364 g/mol. The molecule has 29 heavy (non-hydrogen) atoms. The first-order valence-corrected chi connectivity index (χ1v) is 9.41. The number of benzene rings is 3. The Labute approximate surface area is 168 Å². The van der Waals surface area contributed by atoms with E-state index < -0.39 is 5.60 Å². The number of ether oxygens (including phenoxy) is 3. The van der Waals surface area contributed by atoms with Gasteiger partial charge in [-0.15, -0.1) is 0 Å². The maximum Gasteiger partial charge on any atom is 0.213 e. The summed E-state index contributed by atoms with van der Waals surface area (Å²) in [4.78, 5) is 0. The number of hydrogen-bond donors (Lipinski definition) is 0. The van der Waals surface area contributed by atoms with Crippen LogP contribution < -0.4 is 14.2 Å². The van der Waals surface area contributed by atoms with Crippen molar-refractivity contribution in [1.82, 2.24) is 0 Å². The van der Waals surface area contributed by atoms with Gasteiger partial charge in [-0.25, -0.2) is 0 Å². The van der Waals surface area contributed by atoms with Crippen LogP contribution in [0.4, 0.5) is 0 Å². The van der Waals surface area contributed by atoms with Crippen molar-refractivity contribution in [3.05, 3.63) is 96.0 Å². The average Bonchev–Trinajstić information content (AvgIpc) is 3.33. The van der Waals surface area contributed by atoms with Gasteiger partial charge >= 0.3 is 0 Å². The molecule has 4 nitrogen and oxygen atoms in total. The minimum absolute atomic E-state index is 0.662. The molecule has 1 aliphatic heterocycles. The van der Waals surface area contributed by atoms with Gasteiger partial charge in [-0.05, 0) is 53.3 Å². The third-order valence-electron chi connectivity index (χ3n) is 5.38. The fraction of sp³-hybridized carbons (Fsp3) is 0.120. The van der Waals surface area contributed by atoms with Gasteiger partial charge in [-0.1, -0.05) is 30.3 Å². The predicted octanol–water partition coefficient (Wildman–Crippen LogP) is 5.80. The SMILES string of the molecule is COc1ccc(C2(c3ccco3)C=Cc3c(ccc4ccccc34)O2)c(OC)c1. The summed E-state index contributed by atoms with van der Waals surface area (Å²) in [6.07, 6.45) is 5.79. The van der Waals surface area contributed by atoms with E-state index in [1.165, 1.54) is 5.39 Å². The van der Waals surface area contributed by atoms with Crippen molar-refractivity contribution in [3.63, 3.8) is 0 Å². The largest absolute Gasteiger partial charge is 0.497 e. The van der Waals surface area contributed by atoms with Crippen molar-refractivity contribution in [2.24, 2.45) is 0 Å². The molecule has 0 saturated carbocycles. The van der Waals surface area contributed by atoms with E-state index in [0.29, 0.717) is 17.3 Å². The standard InChI is InChI=1S/C25H20O4/c1-26-18-10-11-21(23(16-18)27-2)25(24-8-5-15-28-24)14-13-20-19-7-4-3-6-17(19)9-12-22(20)29-25/h3-16H,1-2H3. The summed E-state index contributed by atoms with van der Waals surface area (Å²) in [6, 6.07) is 21.9. The average molecular weight is 384 g/mol. The summed E-state index contributed by atoms with van der Waals surface area (Å²) in [5.74, 6) is 2.84. The molecule has 3 aromatic carbocycles. The Morgan fingerprint density at radius 3 is 2.55 bits per heavy atom. The summed E-state index contributed by atoms with van der Waals surface area (Å²) < 4.78 is 23.6. The summed E-state index contributed by atoms with van der Waals surface area (Å²) in [7, 11) is 3.28. The van der Waals surface area contributed by atoms with Crippen molar-refractivity contribution in [2.45, 2.75) is 5.60 Å². The van der Waals surface area contributed by atoms with Gasteiger partial charge in [0, 0.05) is 17.2 Å². The summed E-state index contributed by atoms with van der Waals surface area (Å²) in [6.45, 7) is 0. The Hall–Kier alpha value is -3.66. The quantitative estimate of drug-likeness (QED) is 0.446. The second kappa shape index (κ2) is 6.74. The fourth-order valence-electron chi connectivity index (χ4n) is 3.95. The van der Waals surface area contributed by atoms with Crippen molar-refractivity contribution < 1.29 is 18.6 Å². The van der Waals surface area contributed by atoms with Crippen LogP contribution in [0.25, 0.3) is 16.8 Å². The summed E-state index contributed by atoms with van der Waals surface area (Å²) in [5, 5.41) is 2.32. The monoisotopic (exact) mass is 384 g/mol.